The lowest BCUT2D eigenvalue weighted by atomic mass is 10.1. The number of esters is 1. The van der Waals surface area contributed by atoms with Crippen molar-refractivity contribution >= 4 is 16.7 Å². The molecule has 0 unspecified atom stereocenters. The van der Waals surface area contributed by atoms with Gasteiger partial charge in [-0.15, -0.1) is 0 Å². The van der Waals surface area contributed by atoms with Crippen molar-refractivity contribution in [2.75, 3.05) is 6.54 Å². The van der Waals surface area contributed by atoms with Gasteiger partial charge in [0.1, 0.15) is 5.75 Å². The number of nitrogens with zero attached hydrogens (tertiary/aromatic N) is 2. The number of rotatable bonds is 3. The first-order valence-corrected chi connectivity index (χ1v) is 4.82. The monoisotopic (exact) mass is 232 g/mol. The summed E-state index contributed by atoms with van der Waals surface area (Å²) >= 11 is 0. The zero-order chi connectivity index (χ0) is 12.3. The molecule has 1 aromatic heterocycles. The summed E-state index contributed by atoms with van der Waals surface area (Å²) in [6.45, 7) is -0.846. The molecule has 0 saturated heterocycles. The third-order valence-corrected chi connectivity index (χ3v) is 2.12. The molecule has 0 atom stereocenters. The number of carbonyl (C=O) groups excluding carboxylic acids is 1. The molecule has 86 valence electrons. The fourth-order valence-corrected chi connectivity index (χ4v) is 1.44. The zero-order valence-corrected chi connectivity index (χ0v) is 8.70. The van der Waals surface area contributed by atoms with Crippen LogP contribution in [0.1, 0.15) is 0 Å². The Morgan fingerprint density at radius 3 is 3.00 bits per heavy atom. The molecule has 0 aliphatic carbocycles. The van der Waals surface area contributed by atoms with Crippen LogP contribution in [0.15, 0.2) is 36.7 Å². The topological polar surface area (TPSA) is 82.3 Å². The van der Waals surface area contributed by atoms with E-state index in [1.165, 1.54) is 0 Å². The Kier molecular flexibility index (Phi) is 2.95. The molecule has 0 bridgehead atoms. The number of fused-ring (bicyclic) bond motifs is 1. The van der Waals surface area contributed by atoms with E-state index in [1.807, 2.05) is 6.07 Å². The largest absolute Gasteiger partial charge is 0.421 e. The maximum atomic E-state index is 11.2. The summed E-state index contributed by atoms with van der Waals surface area (Å²) in [6, 6.07) is 6.77. The second kappa shape index (κ2) is 4.56. The van der Waals surface area contributed by atoms with Gasteiger partial charge in [-0.25, -0.2) is 4.79 Å². The van der Waals surface area contributed by atoms with Crippen molar-refractivity contribution in [3.8, 4) is 5.75 Å². The van der Waals surface area contributed by atoms with Crippen LogP contribution >= 0.6 is 0 Å². The minimum absolute atomic E-state index is 0.303. The molecule has 0 fully saturated rings. The third kappa shape index (κ3) is 2.54. The molecule has 1 heterocycles. The quantitative estimate of drug-likeness (QED) is 0.346. The molecule has 0 N–H and O–H groups in total. The number of hydrogen-bond acceptors (Lipinski definition) is 5. The van der Waals surface area contributed by atoms with Crippen LogP contribution in [0.5, 0.6) is 5.75 Å². The van der Waals surface area contributed by atoms with Crippen LogP contribution in [0, 0.1) is 10.1 Å². The van der Waals surface area contributed by atoms with E-state index in [0.29, 0.717) is 11.1 Å². The Morgan fingerprint density at radius 2 is 2.24 bits per heavy atom. The number of hydrogen-bond donors (Lipinski definition) is 0. The van der Waals surface area contributed by atoms with E-state index in [-0.39, 0.29) is 0 Å². The van der Waals surface area contributed by atoms with Gasteiger partial charge in [0.05, 0.1) is 0 Å². The minimum Gasteiger partial charge on any atom is -0.421 e. The molecular formula is C11H8N2O4. The standard InChI is InChI=1S/C11H8N2O4/c14-11(7-13(15)16)17-10-3-1-2-8-6-12-5-4-9(8)10/h1-6H,7H2. The summed E-state index contributed by atoms with van der Waals surface area (Å²) in [5.41, 5.74) is 0. The predicted molar refractivity (Wildman–Crippen MR) is 59.2 cm³/mol. The molecule has 0 saturated carbocycles. The molecule has 17 heavy (non-hydrogen) atoms. The first-order chi connectivity index (χ1) is 8.16. The SMILES string of the molecule is O=C(C[N+](=O)[O-])Oc1cccc2cnccc12. The Labute approximate surface area is 96.0 Å². The molecule has 0 aliphatic heterocycles. The van der Waals surface area contributed by atoms with Gasteiger partial charge in [0.25, 0.3) is 6.54 Å². The van der Waals surface area contributed by atoms with E-state index in [2.05, 4.69) is 4.98 Å². The van der Waals surface area contributed by atoms with Gasteiger partial charge in [-0.2, -0.15) is 0 Å². The van der Waals surface area contributed by atoms with Crippen molar-refractivity contribution in [3.63, 3.8) is 0 Å². The molecule has 0 radical (unpaired) electrons. The molecule has 6 heteroatoms. The van der Waals surface area contributed by atoms with Crippen LogP contribution in [0.25, 0.3) is 10.8 Å². The number of aromatic nitrogens is 1. The molecule has 2 aromatic rings. The van der Waals surface area contributed by atoms with Crippen molar-refractivity contribution in [2.24, 2.45) is 0 Å². The Bertz CT molecular complexity index is 577. The van der Waals surface area contributed by atoms with Crippen molar-refractivity contribution in [2.45, 2.75) is 0 Å². The van der Waals surface area contributed by atoms with E-state index in [9.17, 15) is 14.9 Å². The number of ether oxygens (including phenoxy) is 1. The van der Waals surface area contributed by atoms with Crippen LogP contribution in [0.2, 0.25) is 0 Å². The fraction of sp³-hybridized carbons (Fsp3) is 0.0909. The molecule has 6 nitrogen and oxygen atoms in total. The highest BCUT2D eigenvalue weighted by atomic mass is 16.6. The molecule has 2 rings (SSSR count). The Hall–Kier alpha value is -2.50. The normalized spacial score (nSPS) is 10.1. The van der Waals surface area contributed by atoms with E-state index in [1.54, 1.807) is 30.6 Å². The van der Waals surface area contributed by atoms with Crippen LogP contribution in [-0.4, -0.2) is 22.4 Å². The average molecular weight is 232 g/mol. The van der Waals surface area contributed by atoms with Crippen LogP contribution < -0.4 is 4.74 Å². The van der Waals surface area contributed by atoms with Crippen molar-refractivity contribution < 1.29 is 14.5 Å². The summed E-state index contributed by atoms with van der Waals surface area (Å²) in [5, 5.41) is 11.7. The summed E-state index contributed by atoms with van der Waals surface area (Å²) < 4.78 is 4.93. The minimum atomic E-state index is -0.890. The van der Waals surface area contributed by atoms with Gasteiger partial charge in [0.2, 0.25) is 0 Å². The number of carbonyl (C=O) groups is 1. The van der Waals surface area contributed by atoms with Gasteiger partial charge >= 0.3 is 5.97 Å². The van der Waals surface area contributed by atoms with Crippen LogP contribution in [-0.2, 0) is 4.79 Å². The molecular weight excluding hydrogens is 224 g/mol. The van der Waals surface area contributed by atoms with Gasteiger partial charge in [-0.1, -0.05) is 12.1 Å². The summed E-state index contributed by atoms with van der Waals surface area (Å²) in [4.78, 5) is 24.6. The van der Waals surface area contributed by atoms with E-state index < -0.39 is 17.4 Å². The number of nitro groups is 1. The Morgan fingerprint density at radius 1 is 1.41 bits per heavy atom. The first-order valence-electron chi connectivity index (χ1n) is 4.82. The van der Waals surface area contributed by atoms with Crippen LogP contribution in [0.3, 0.4) is 0 Å². The Balaban J connectivity index is 2.30. The lowest BCUT2D eigenvalue weighted by Crippen LogP contribution is -2.19. The van der Waals surface area contributed by atoms with Gasteiger partial charge < -0.3 is 4.74 Å². The van der Waals surface area contributed by atoms with Crippen molar-refractivity contribution in [3.05, 3.63) is 46.8 Å². The van der Waals surface area contributed by atoms with Crippen molar-refractivity contribution in [1.82, 2.24) is 4.98 Å². The molecule has 0 spiro atoms. The highest BCUT2D eigenvalue weighted by molar-refractivity contribution is 5.89. The fourth-order valence-electron chi connectivity index (χ4n) is 1.44. The van der Waals surface area contributed by atoms with Gasteiger partial charge in [-0.3, -0.25) is 15.1 Å². The van der Waals surface area contributed by atoms with Gasteiger partial charge in [-0.05, 0) is 12.1 Å². The number of pyridine rings is 1. The lowest BCUT2D eigenvalue weighted by Gasteiger charge is -2.05. The number of benzene rings is 1. The predicted octanol–water partition coefficient (Wildman–Crippen LogP) is 1.42. The summed E-state index contributed by atoms with van der Waals surface area (Å²) in [6.07, 6.45) is 3.19. The van der Waals surface area contributed by atoms with E-state index in [0.717, 1.165) is 5.39 Å². The second-order valence-electron chi connectivity index (χ2n) is 3.32. The first kappa shape index (κ1) is 11.0. The smallest absolute Gasteiger partial charge is 0.383 e. The zero-order valence-electron chi connectivity index (χ0n) is 8.70. The van der Waals surface area contributed by atoms with Gasteiger partial charge in [0.15, 0.2) is 0 Å². The highest BCUT2D eigenvalue weighted by Crippen LogP contribution is 2.24. The van der Waals surface area contributed by atoms with E-state index in [4.69, 9.17) is 4.74 Å². The summed E-state index contributed by atoms with van der Waals surface area (Å²) in [7, 11) is 0. The third-order valence-electron chi connectivity index (χ3n) is 2.12. The molecule has 1 aromatic carbocycles. The van der Waals surface area contributed by atoms with Gasteiger partial charge in [0, 0.05) is 28.1 Å². The van der Waals surface area contributed by atoms with Crippen molar-refractivity contribution in [1.29, 1.82) is 0 Å². The summed E-state index contributed by atoms with van der Waals surface area (Å²) in [5.74, 6) is -0.587. The molecule has 0 aliphatic rings. The maximum Gasteiger partial charge on any atom is 0.383 e. The van der Waals surface area contributed by atoms with E-state index >= 15 is 0 Å². The highest BCUT2D eigenvalue weighted by Gasteiger charge is 2.13. The van der Waals surface area contributed by atoms with Crippen LogP contribution in [0.4, 0.5) is 0 Å². The average Bonchev–Trinajstić information content (AvgIpc) is 2.28. The second-order valence-corrected chi connectivity index (χ2v) is 3.32. The molecule has 0 amide bonds. The maximum absolute atomic E-state index is 11.2. The lowest BCUT2D eigenvalue weighted by molar-refractivity contribution is -0.469.